The van der Waals surface area contributed by atoms with Crippen LogP contribution in [0.4, 0.5) is 0 Å². The molecule has 0 amide bonds. The van der Waals surface area contributed by atoms with Crippen LogP contribution < -0.4 is 0 Å². The van der Waals surface area contributed by atoms with E-state index in [9.17, 15) is 14.4 Å². The highest BCUT2D eigenvalue weighted by molar-refractivity contribution is 5.71. The number of hydrogen-bond donors (Lipinski definition) is 0. The van der Waals surface area contributed by atoms with Gasteiger partial charge in [-0.2, -0.15) is 0 Å². The quantitative estimate of drug-likeness (QED) is 0.0263. The van der Waals surface area contributed by atoms with E-state index in [4.69, 9.17) is 14.2 Å². The average molecular weight is 827 g/mol. The van der Waals surface area contributed by atoms with Crippen molar-refractivity contribution in [1.82, 2.24) is 0 Å². The summed E-state index contributed by atoms with van der Waals surface area (Å²) in [4.78, 5) is 37.8. The van der Waals surface area contributed by atoms with Gasteiger partial charge in [-0.3, -0.25) is 14.4 Å². The zero-order chi connectivity index (χ0) is 43.0. The number of esters is 3. The molecule has 0 aliphatic carbocycles. The Balaban J connectivity index is 4.35. The molecule has 0 spiro atoms. The second kappa shape index (κ2) is 48.0. The molecule has 0 bridgehead atoms. The van der Waals surface area contributed by atoms with E-state index in [1.807, 2.05) is 0 Å². The molecule has 0 heterocycles. The van der Waals surface area contributed by atoms with Crippen LogP contribution in [0.1, 0.15) is 252 Å². The molecule has 342 valence electrons. The van der Waals surface area contributed by atoms with Gasteiger partial charge in [-0.25, -0.2) is 0 Å². The Morgan fingerprint density at radius 1 is 0.356 bits per heavy atom. The normalized spacial score (nSPS) is 12.4. The van der Waals surface area contributed by atoms with Crippen LogP contribution in [0.2, 0.25) is 0 Å². The molecule has 0 radical (unpaired) electrons. The molecule has 0 saturated heterocycles. The van der Waals surface area contributed by atoms with Crippen molar-refractivity contribution in [2.75, 3.05) is 13.2 Å². The molecule has 0 saturated carbocycles. The van der Waals surface area contributed by atoms with E-state index in [0.717, 1.165) is 109 Å². The predicted octanol–water partition coefficient (Wildman–Crippen LogP) is 16.3. The van der Waals surface area contributed by atoms with E-state index < -0.39 is 6.10 Å². The molecule has 0 fully saturated rings. The minimum Gasteiger partial charge on any atom is -0.462 e. The van der Waals surface area contributed by atoms with Gasteiger partial charge in [0.1, 0.15) is 13.2 Å². The molecule has 1 unspecified atom stereocenters. The van der Waals surface area contributed by atoms with E-state index >= 15 is 0 Å². The summed E-state index contributed by atoms with van der Waals surface area (Å²) < 4.78 is 16.7. The van der Waals surface area contributed by atoms with Gasteiger partial charge >= 0.3 is 17.9 Å². The van der Waals surface area contributed by atoms with Crippen molar-refractivity contribution in [2.24, 2.45) is 0 Å². The first-order valence-corrected chi connectivity index (χ1v) is 25.1. The largest absolute Gasteiger partial charge is 0.462 e. The predicted molar refractivity (Wildman–Crippen MR) is 252 cm³/mol. The van der Waals surface area contributed by atoms with E-state index in [1.165, 1.54) is 103 Å². The fourth-order valence-electron chi connectivity index (χ4n) is 7.03. The second-order valence-electron chi connectivity index (χ2n) is 16.7. The van der Waals surface area contributed by atoms with E-state index in [-0.39, 0.29) is 31.1 Å². The summed E-state index contributed by atoms with van der Waals surface area (Å²) in [7, 11) is 0. The second-order valence-corrected chi connectivity index (χ2v) is 16.7. The minimum atomic E-state index is -0.785. The molecule has 0 aromatic carbocycles. The Morgan fingerprint density at radius 3 is 1.10 bits per heavy atom. The molecular formula is C53H94O6. The Morgan fingerprint density at radius 2 is 0.678 bits per heavy atom. The van der Waals surface area contributed by atoms with Crippen molar-refractivity contribution >= 4 is 17.9 Å². The summed E-state index contributed by atoms with van der Waals surface area (Å²) in [6, 6.07) is 0. The highest BCUT2D eigenvalue weighted by atomic mass is 16.6. The van der Waals surface area contributed by atoms with Crippen LogP contribution in [0.3, 0.4) is 0 Å². The summed E-state index contributed by atoms with van der Waals surface area (Å²) in [6.45, 7) is 6.46. The number of allylic oxidation sites excluding steroid dienone is 8. The van der Waals surface area contributed by atoms with Gasteiger partial charge in [-0.1, -0.05) is 211 Å². The van der Waals surface area contributed by atoms with Gasteiger partial charge in [0, 0.05) is 19.3 Å². The third-order valence-electron chi connectivity index (χ3n) is 10.8. The molecule has 0 aliphatic rings. The third-order valence-corrected chi connectivity index (χ3v) is 10.8. The smallest absolute Gasteiger partial charge is 0.306 e. The van der Waals surface area contributed by atoms with Crippen LogP contribution in [-0.2, 0) is 28.6 Å². The first-order chi connectivity index (χ1) is 29.0. The summed E-state index contributed by atoms with van der Waals surface area (Å²) >= 11 is 0. The summed E-state index contributed by atoms with van der Waals surface area (Å²) in [5, 5.41) is 0. The lowest BCUT2D eigenvalue weighted by Gasteiger charge is -2.18. The third kappa shape index (κ3) is 46.3. The fourth-order valence-corrected chi connectivity index (χ4v) is 7.03. The Labute approximate surface area is 365 Å². The van der Waals surface area contributed by atoms with Crippen molar-refractivity contribution in [3.63, 3.8) is 0 Å². The van der Waals surface area contributed by atoms with Crippen molar-refractivity contribution in [1.29, 1.82) is 0 Å². The molecule has 0 N–H and O–H groups in total. The molecule has 1 atom stereocenters. The highest BCUT2D eigenvalue weighted by Gasteiger charge is 2.19. The molecular weight excluding hydrogens is 733 g/mol. The van der Waals surface area contributed by atoms with Crippen LogP contribution in [0.15, 0.2) is 48.6 Å². The maximum absolute atomic E-state index is 12.7. The Hall–Kier alpha value is -2.63. The van der Waals surface area contributed by atoms with Crippen molar-refractivity contribution in [2.45, 2.75) is 258 Å². The Kier molecular flexibility index (Phi) is 45.9. The summed E-state index contributed by atoms with van der Waals surface area (Å²) in [5.41, 5.74) is 0. The SMILES string of the molecule is CC/C=C\C/C=C\C/C=C\CCCCCCC(=O)OC(COC(=O)CCCCCC/C=C\CCCC)COC(=O)CCCCCCCCCCCCCCCCCCC. The fraction of sp³-hybridized carbons (Fsp3) is 0.792. The van der Waals surface area contributed by atoms with Crippen LogP contribution in [0, 0.1) is 0 Å². The van der Waals surface area contributed by atoms with Gasteiger partial charge in [0.05, 0.1) is 0 Å². The van der Waals surface area contributed by atoms with Crippen molar-refractivity contribution in [3.8, 4) is 0 Å². The Bertz CT molecular complexity index is 1040. The van der Waals surface area contributed by atoms with Crippen LogP contribution in [-0.4, -0.2) is 37.2 Å². The van der Waals surface area contributed by atoms with Gasteiger partial charge in [0.15, 0.2) is 6.10 Å². The lowest BCUT2D eigenvalue weighted by molar-refractivity contribution is -0.167. The topological polar surface area (TPSA) is 78.9 Å². The molecule has 0 aromatic rings. The van der Waals surface area contributed by atoms with Gasteiger partial charge < -0.3 is 14.2 Å². The zero-order valence-electron chi connectivity index (χ0n) is 39.0. The van der Waals surface area contributed by atoms with Crippen LogP contribution in [0.5, 0.6) is 0 Å². The highest BCUT2D eigenvalue weighted by Crippen LogP contribution is 2.15. The van der Waals surface area contributed by atoms with Crippen LogP contribution in [0.25, 0.3) is 0 Å². The standard InChI is InChI=1S/C53H94O6/c1-4-7-10-13-16-19-22-24-26-27-28-30-31-34-37-40-43-46-52(55)58-49-50(48-57-51(54)45-42-39-36-33-21-18-15-12-9-6-3)59-53(56)47-44-41-38-35-32-29-25-23-20-17-14-11-8-5-2/h8,11,15,17-18,20,25,29,50H,4-7,9-10,12-14,16,19,21-24,26-28,30-49H2,1-3H3/b11-8-,18-15-,20-17-,29-25-. The monoisotopic (exact) mass is 827 g/mol. The molecule has 0 aromatic heterocycles. The van der Waals surface area contributed by atoms with E-state index in [0.29, 0.717) is 19.3 Å². The van der Waals surface area contributed by atoms with Crippen molar-refractivity contribution < 1.29 is 28.6 Å². The first-order valence-electron chi connectivity index (χ1n) is 25.1. The van der Waals surface area contributed by atoms with E-state index in [1.54, 1.807) is 0 Å². The number of unbranched alkanes of at least 4 members (excludes halogenated alkanes) is 26. The zero-order valence-corrected chi connectivity index (χ0v) is 39.0. The molecule has 6 nitrogen and oxygen atoms in total. The number of carbonyl (C=O) groups excluding carboxylic acids is 3. The minimum absolute atomic E-state index is 0.0838. The van der Waals surface area contributed by atoms with Gasteiger partial charge in [0.25, 0.3) is 0 Å². The first kappa shape index (κ1) is 56.4. The molecule has 0 rings (SSSR count). The lowest BCUT2D eigenvalue weighted by atomic mass is 10.0. The molecule has 59 heavy (non-hydrogen) atoms. The number of hydrogen-bond acceptors (Lipinski definition) is 6. The van der Waals surface area contributed by atoms with Gasteiger partial charge in [-0.05, 0) is 70.6 Å². The number of carbonyl (C=O) groups is 3. The number of ether oxygens (including phenoxy) is 3. The maximum atomic E-state index is 12.7. The van der Waals surface area contributed by atoms with Gasteiger partial charge in [-0.15, -0.1) is 0 Å². The molecule has 0 aliphatic heterocycles. The van der Waals surface area contributed by atoms with Crippen LogP contribution >= 0.6 is 0 Å². The summed E-state index contributed by atoms with van der Waals surface area (Å²) in [5.74, 6) is -0.915. The summed E-state index contributed by atoms with van der Waals surface area (Å²) in [6.07, 6.45) is 56.7. The lowest BCUT2D eigenvalue weighted by Crippen LogP contribution is -2.30. The number of rotatable bonds is 45. The maximum Gasteiger partial charge on any atom is 0.306 e. The van der Waals surface area contributed by atoms with E-state index in [2.05, 4.69) is 69.4 Å². The van der Waals surface area contributed by atoms with Gasteiger partial charge in [0.2, 0.25) is 0 Å². The average Bonchev–Trinajstić information content (AvgIpc) is 3.23. The van der Waals surface area contributed by atoms with Crippen molar-refractivity contribution in [3.05, 3.63) is 48.6 Å². The molecule has 6 heteroatoms.